The van der Waals surface area contributed by atoms with Crippen molar-refractivity contribution in [1.29, 1.82) is 0 Å². The average Bonchev–Trinajstić information content (AvgIpc) is 3.53. The molecule has 11 rings (SSSR count). The largest absolute Gasteiger partial charge is 0.309 e. The maximum absolute atomic E-state index is 4.73. The van der Waals surface area contributed by atoms with Crippen molar-refractivity contribution in [3.05, 3.63) is 192 Å². The molecule has 242 valence electrons. The van der Waals surface area contributed by atoms with E-state index < -0.39 is 15.4 Å². The number of nitrogens with zero attached hydrogens (tertiary/aromatic N) is 2. The lowest BCUT2D eigenvalue weighted by molar-refractivity contribution is 0.686. The molecular weight excluding hydrogens is 637 g/mol. The van der Waals surface area contributed by atoms with Crippen LogP contribution >= 0.6 is 10.0 Å². The van der Waals surface area contributed by atoms with Crippen LogP contribution in [0.1, 0.15) is 22.3 Å². The topological polar surface area (TPSA) is 17.8 Å². The van der Waals surface area contributed by atoms with Crippen molar-refractivity contribution in [1.82, 2.24) is 9.55 Å². The van der Waals surface area contributed by atoms with E-state index in [0.717, 1.165) is 16.5 Å². The van der Waals surface area contributed by atoms with E-state index in [0.29, 0.717) is 0 Å². The third-order valence-corrected chi connectivity index (χ3v) is 14.5. The summed E-state index contributed by atoms with van der Waals surface area (Å²) in [5.74, 6) is 0. The molecule has 0 radical (unpaired) electrons. The number of aromatic nitrogens is 2. The van der Waals surface area contributed by atoms with Crippen molar-refractivity contribution in [3.63, 3.8) is 0 Å². The minimum atomic E-state index is -1.33. The maximum atomic E-state index is 4.73. The summed E-state index contributed by atoms with van der Waals surface area (Å²) in [6.07, 6.45) is 6.85. The number of hydrogen-bond acceptors (Lipinski definition) is 1. The van der Waals surface area contributed by atoms with E-state index in [1.807, 2.05) is 12.3 Å². The van der Waals surface area contributed by atoms with Gasteiger partial charge in [-0.15, -0.1) is 0 Å². The standard InChI is InChI=1S/C48H34N2S/c1-51(2)44-22-8-5-18-39(44)48(38-17-4-7-21-43(38)50-42-20-6-3-14-36(42)37-16-10-19-40(48)47(37)50)41-30-34(27-28-45(41)51)31-23-25-32(26-24-31)35-15-9-12-33-13-11-29-49-46(33)35/h3-30H,1-2H3. The molecule has 2 aromatic heterocycles. The lowest BCUT2D eigenvalue weighted by Crippen LogP contribution is -2.39. The van der Waals surface area contributed by atoms with Gasteiger partial charge in [0.15, 0.2) is 0 Å². The smallest absolute Gasteiger partial charge is 0.0780 e. The molecule has 2 aliphatic rings. The summed E-state index contributed by atoms with van der Waals surface area (Å²) in [6.45, 7) is 0. The van der Waals surface area contributed by atoms with Gasteiger partial charge in [-0.05, 0) is 97.6 Å². The minimum absolute atomic E-state index is 0.487. The number of fused-ring (bicyclic) bond motifs is 12. The van der Waals surface area contributed by atoms with E-state index in [9.17, 15) is 0 Å². The Kier molecular flexibility index (Phi) is 5.85. The van der Waals surface area contributed by atoms with Crippen LogP contribution in [0, 0.1) is 0 Å². The Balaban J connectivity index is 1.21. The molecule has 1 spiro atoms. The van der Waals surface area contributed by atoms with Gasteiger partial charge in [0.05, 0.1) is 27.7 Å². The van der Waals surface area contributed by atoms with E-state index in [2.05, 4.69) is 175 Å². The van der Waals surface area contributed by atoms with Crippen LogP contribution in [-0.4, -0.2) is 22.1 Å². The van der Waals surface area contributed by atoms with Gasteiger partial charge in [0.25, 0.3) is 0 Å². The minimum Gasteiger partial charge on any atom is -0.309 e. The normalized spacial score (nSPS) is 17.3. The van der Waals surface area contributed by atoms with Gasteiger partial charge in [0, 0.05) is 27.9 Å². The predicted octanol–water partition coefficient (Wildman–Crippen LogP) is 12.2. The monoisotopic (exact) mass is 670 g/mol. The Hall–Kier alpha value is -5.90. The average molecular weight is 671 g/mol. The van der Waals surface area contributed by atoms with Crippen molar-refractivity contribution in [3.8, 4) is 27.9 Å². The number of hydrogen-bond donors (Lipinski definition) is 0. The highest BCUT2D eigenvalue weighted by Crippen LogP contribution is 2.70. The van der Waals surface area contributed by atoms with Crippen molar-refractivity contribution in [2.24, 2.45) is 0 Å². The number of rotatable bonds is 2. The Morgan fingerprint density at radius 3 is 2.08 bits per heavy atom. The fourth-order valence-electron chi connectivity index (χ4n) is 9.39. The second-order valence-electron chi connectivity index (χ2n) is 14.3. The predicted molar refractivity (Wildman–Crippen MR) is 215 cm³/mol. The third kappa shape index (κ3) is 3.71. The molecule has 0 N–H and O–H groups in total. The highest BCUT2D eigenvalue weighted by molar-refractivity contribution is 8.32. The molecule has 0 amide bonds. The first-order valence-corrected chi connectivity index (χ1v) is 20.1. The lowest BCUT2D eigenvalue weighted by atomic mass is 9.62. The maximum Gasteiger partial charge on any atom is 0.0780 e. The molecule has 9 aromatic rings. The fraction of sp³-hybridized carbons (Fsp3) is 0.0625. The van der Waals surface area contributed by atoms with Gasteiger partial charge in [0.2, 0.25) is 0 Å². The Bertz CT molecular complexity index is 2890. The molecule has 2 aliphatic heterocycles. The first-order valence-electron chi connectivity index (χ1n) is 17.6. The highest BCUT2D eigenvalue weighted by Gasteiger charge is 2.51. The van der Waals surface area contributed by atoms with Crippen molar-refractivity contribution >= 4 is 42.7 Å². The van der Waals surface area contributed by atoms with E-state index in [1.54, 1.807) is 0 Å². The Morgan fingerprint density at radius 2 is 1.18 bits per heavy atom. The Morgan fingerprint density at radius 1 is 0.510 bits per heavy atom. The quantitative estimate of drug-likeness (QED) is 0.179. The molecule has 0 fully saturated rings. The van der Waals surface area contributed by atoms with Crippen LogP contribution in [-0.2, 0) is 5.41 Å². The van der Waals surface area contributed by atoms with Crippen LogP contribution in [0.2, 0.25) is 0 Å². The molecule has 2 nitrogen and oxygen atoms in total. The number of pyridine rings is 1. The third-order valence-electron chi connectivity index (χ3n) is 11.6. The summed E-state index contributed by atoms with van der Waals surface area (Å²) in [6, 6.07) is 61.4. The summed E-state index contributed by atoms with van der Waals surface area (Å²) < 4.78 is 2.53. The van der Waals surface area contributed by atoms with Gasteiger partial charge in [-0.2, -0.15) is 10.0 Å². The zero-order valence-corrected chi connectivity index (χ0v) is 29.3. The molecule has 4 heterocycles. The summed E-state index contributed by atoms with van der Waals surface area (Å²) >= 11 is 0. The van der Waals surface area contributed by atoms with Crippen molar-refractivity contribution < 1.29 is 0 Å². The highest BCUT2D eigenvalue weighted by atomic mass is 32.3. The van der Waals surface area contributed by atoms with Gasteiger partial charge in [-0.25, -0.2) is 0 Å². The first kappa shape index (κ1) is 28.9. The van der Waals surface area contributed by atoms with Gasteiger partial charge < -0.3 is 4.57 Å². The van der Waals surface area contributed by atoms with E-state index in [-0.39, 0.29) is 0 Å². The van der Waals surface area contributed by atoms with Gasteiger partial charge in [-0.3, -0.25) is 4.98 Å². The van der Waals surface area contributed by atoms with Crippen LogP contribution in [0.5, 0.6) is 0 Å². The molecule has 0 aliphatic carbocycles. The summed E-state index contributed by atoms with van der Waals surface area (Å²) in [5, 5.41) is 3.76. The van der Waals surface area contributed by atoms with E-state index in [1.165, 1.54) is 76.2 Å². The van der Waals surface area contributed by atoms with Crippen LogP contribution < -0.4 is 0 Å². The molecule has 51 heavy (non-hydrogen) atoms. The number of benzene rings is 7. The molecule has 0 saturated heterocycles. The molecule has 1 atom stereocenters. The van der Waals surface area contributed by atoms with Crippen LogP contribution in [0.25, 0.3) is 60.6 Å². The van der Waals surface area contributed by atoms with Gasteiger partial charge >= 0.3 is 0 Å². The SMILES string of the molecule is CS1(C)c2ccccc2C2(c3ccccc3-n3c4ccccc4c4cccc2c43)c2cc(-c3ccc(-c4cccc5cccnc45)cc3)ccc21. The van der Waals surface area contributed by atoms with E-state index in [4.69, 9.17) is 4.98 Å². The van der Waals surface area contributed by atoms with Crippen molar-refractivity contribution in [2.75, 3.05) is 12.5 Å². The first-order chi connectivity index (χ1) is 25.1. The van der Waals surface area contributed by atoms with Crippen LogP contribution in [0.3, 0.4) is 0 Å². The summed E-state index contributed by atoms with van der Waals surface area (Å²) in [7, 11) is -1.33. The fourth-order valence-corrected chi connectivity index (χ4v) is 12.0. The molecular formula is C48H34N2S. The number of para-hydroxylation sites is 4. The molecule has 1 unspecified atom stereocenters. The second-order valence-corrected chi connectivity index (χ2v) is 17.8. The molecule has 7 aromatic carbocycles. The Labute approximate surface area is 299 Å². The van der Waals surface area contributed by atoms with E-state index >= 15 is 0 Å². The van der Waals surface area contributed by atoms with Crippen LogP contribution in [0.4, 0.5) is 0 Å². The molecule has 0 bridgehead atoms. The van der Waals surface area contributed by atoms with Crippen LogP contribution in [0.15, 0.2) is 180 Å². The lowest BCUT2D eigenvalue weighted by Gasteiger charge is -2.52. The zero-order valence-electron chi connectivity index (χ0n) is 28.5. The second kappa shape index (κ2) is 10.3. The molecule has 3 heteroatoms. The van der Waals surface area contributed by atoms with Crippen molar-refractivity contribution in [2.45, 2.75) is 15.2 Å². The van der Waals surface area contributed by atoms with Gasteiger partial charge in [-0.1, -0.05) is 127 Å². The van der Waals surface area contributed by atoms with Gasteiger partial charge in [0.1, 0.15) is 0 Å². The molecule has 0 saturated carbocycles. The summed E-state index contributed by atoms with van der Waals surface area (Å²) in [4.78, 5) is 7.66. The zero-order chi connectivity index (χ0) is 33.9. The summed E-state index contributed by atoms with van der Waals surface area (Å²) in [5.41, 5.74) is 14.7.